The molecule has 0 bridgehead atoms. The van der Waals surface area contributed by atoms with Gasteiger partial charge in [-0.3, -0.25) is 4.79 Å². The minimum Gasteiger partial charge on any atom is -0.376 e. The quantitative estimate of drug-likeness (QED) is 0.872. The summed E-state index contributed by atoms with van der Waals surface area (Å²) in [4.78, 5) is 12.3. The van der Waals surface area contributed by atoms with Crippen molar-refractivity contribution in [2.45, 2.75) is 43.9 Å². The van der Waals surface area contributed by atoms with E-state index in [1.165, 1.54) is 17.5 Å². The fourth-order valence-corrected chi connectivity index (χ4v) is 3.04. The van der Waals surface area contributed by atoms with Crippen molar-refractivity contribution in [1.82, 2.24) is 10.6 Å². The number of rotatable bonds is 4. The van der Waals surface area contributed by atoms with Crippen molar-refractivity contribution in [3.63, 3.8) is 0 Å². The van der Waals surface area contributed by atoms with Crippen LogP contribution in [0.4, 0.5) is 0 Å². The summed E-state index contributed by atoms with van der Waals surface area (Å²) in [5.41, 5.74) is 2.46. The van der Waals surface area contributed by atoms with E-state index >= 15 is 0 Å². The van der Waals surface area contributed by atoms with Gasteiger partial charge in [-0.15, -0.1) is 0 Å². The molecule has 0 unspecified atom stereocenters. The maximum absolute atomic E-state index is 12.3. The third kappa shape index (κ3) is 2.58. The van der Waals surface area contributed by atoms with Crippen molar-refractivity contribution in [2.24, 2.45) is 0 Å². The first-order valence-electron chi connectivity index (χ1n) is 7.35. The van der Waals surface area contributed by atoms with E-state index in [0.29, 0.717) is 6.54 Å². The molecular weight excluding hydrogens is 252 g/mol. The molecule has 20 heavy (non-hydrogen) atoms. The number of benzene rings is 1. The van der Waals surface area contributed by atoms with Gasteiger partial charge in [-0.2, -0.15) is 0 Å². The Balaban J connectivity index is 1.56. The Morgan fingerprint density at radius 3 is 2.80 bits per heavy atom. The highest BCUT2D eigenvalue weighted by Gasteiger charge is 2.37. The lowest BCUT2D eigenvalue weighted by molar-refractivity contribution is -0.127. The summed E-state index contributed by atoms with van der Waals surface area (Å²) in [7, 11) is 1.74. The average Bonchev–Trinajstić information content (AvgIpc) is 2.46. The highest BCUT2D eigenvalue weighted by atomic mass is 16.5. The molecular formula is C16H22N2O2. The third-order valence-electron chi connectivity index (χ3n) is 4.68. The molecule has 2 N–H and O–H groups in total. The van der Waals surface area contributed by atoms with E-state index in [0.717, 1.165) is 25.8 Å². The third-order valence-corrected chi connectivity index (χ3v) is 4.68. The SMILES string of the molecule is COC1(CNC(=O)[C@@H]2Cc3ccccc3CN2)CCC1. The number of fused-ring (bicyclic) bond motifs is 1. The highest BCUT2D eigenvalue weighted by molar-refractivity contribution is 5.82. The molecule has 1 aliphatic carbocycles. The molecule has 1 aliphatic heterocycles. The highest BCUT2D eigenvalue weighted by Crippen LogP contribution is 2.34. The van der Waals surface area contributed by atoms with Crippen LogP contribution in [0.2, 0.25) is 0 Å². The second-order valence-electron chi connectivity index (χ2n) is 5.86. The van der Waals surface area contributed by atoms with Gasteiger partial charge >= 0.3 is 0 Å². The lowest BCUT2D eigenvalue weighted by Crippen LogP contribution is -2.54. The van der Waals surface area contributed by atoms with Gasteiger partial charge < -0.3 is 15.4 Å². The lowest BCUT2D eigenvalue weighted by atomic mass is 9.80. The number of carbonyl (C=O) groups excluding carboxylic acids is 1. The Morgan fingerprint density at radius 2 is 2.15 bits per heavy atom. The molecule has 2 aliphatic rings. The molecule has 0 spiro atoms. The average molecular weight is 274 g/mol. The second-order valence-corrected chi connectivity index (χ2v) is 5.86. The topological polar surface area (TPSA) is 50.4 Å². The van der Waals surface area contributed by atoms with Crippen molar-refractivity contribution in [3.8, 4) is 0 Å². The first kappa shape index (κ1) is 13.6. The van der Waals surface area contributed by atoms with E-state index in [-0.39, 0.29) is 17.6 Å². The maximum atomic E-state index is 12.3. The van der Waals surface area contributed by atoms with Crippen LogP contribution in [0.15, 0.2) is 24.3 Å². The van der Waals surface area contributed by atoms with Gasteiger partial charge in [0.05, 0.1) is 11.6 Å². The molecule has 4 heteroatoms. The summed E-state index contributed by atoms with van der Waals surface area (Å²) in [5, 5.41) is 6.36. The number of nitrogens with one attached hydrogen (secondary N) is 2. The molecule has 1 amide bonds. The van der Waals surface area contributed by atoms with Crippen LogP contribution in [0.5, 0.6) is 0 Å². The summed E-state index contributed by atoms with van der Waals surface area (Å²) in [5.74, 6) is 0.0860. The molecule has 3 rings (SSSR count). The van der Waals surface area contributed by atoms with Gasteiger partial charge in [-0.05, 0) is 36.8 Å². The molecule has 1 saturated carbocycles. The number of carbonyl (C=O) groups is 1. The molecule has 1 aromatic carbocycles. The van der Waals surface area contributed by atoms with Gasteiger partial charge in [-0.1, -0.05) is 24.3 Å². The summed E-state index contributed by atoms with van der Waals surface area (Å²) in [6.07, 6.45) is 4.05. The molecule has 1 atom stereocenters. The summed E-state index contributed by atoms with van der Waals surface area (Å²) in [6.45, 7) is 1.39. The molecule has 0 aromatic heterocycles. The van der Waals surface area contributed by atoms with E-state index in [1.807, 2.05) is 12.1 Å². The van der Waals surface area contributed by atoms with Gasteiger partial charge in [0.25, 0.3) is 0 Å². The Labute approximate surface area is 119 Å². The fraction of sp³-hybridized carbons (Fsp3) is 0.562. The Bertz CT molecular complexity index is 491. The first-order chi connectivity index (χ1) is 9.72. The normalized spacial score (nSPS) is 23.6. The maximum Gasteiger partial charge on any atom is 0.237 e. The van der Waals surface area contributed by atoms with Crippen molar-refractivity contribution < 1.29 is 9.53 Å². The van der Waals surface area contributed by atoms with E-state index in [2.05, 4.69) is 22.8 Å². The van der Waals surface area contributed by atoms with Crippen LogP contribution in [-0.2, 0) is 22.5 Å². The van der Waals surface area contributed by atoms with Crippen molar-refractivity contribution in [2.75, 3.05) is 13.7 Å². The molecule has 0 radical (unpaired) electrons. The van der Waals surface area contributed by atoms with Gasteiger partial charge in [0.15, 0.2) is 0 Å². The number of hydrogen-bond acceptors (Lipinski definition) is 3. The minimum atomic E-state index is -0.126. The summed E-state index contributed by atoms with van der Waals surface area (Å²) in [6, 6.07) is 8.18. The van der Waals surface area contributed by atoms with Crippen LogP contribution < -0.4 is 10.6 Å². The van der Waals surface area contributed by atoms with Crippen LogP contribution in [0.1, 0.15) is 30.4 Å². The Hall–Kier alpha value is -1.39. The van der Waals surface area contributed by atoms with E-state index in [9.17, 15) is 4.79 Å². The van der Waals surface area contributed by atoms with E-state index in [4.69, 9.17) is 4.74 Å². The minimum absolute atomic E-state index is 0.0860. The van der Waals surface area contributed by atoms with E-state index < -0.39 is 0 Å². The molecule has 0 saturated heterocycles. The molecule has 108 valence electrons. The van der Waals surface area contributed by atoms with Crippen LogP contribution in [0, 0.1) is 0 Å². The molecule has 1 fully saturated rings. The smallest absolute Gasteiger partial charge is 0.237 e. The van der Waals surface area contributed by atoms with Crippen LogP contribution >= 0.6 is 0 Å². The van der Waals surface area contributed by atoms with Gasteiger partial charge in [0.2, 0.25) is 5.91 Å². The zero-order chi connectivity index (χ0) is 14.0. The summed E-state index contributed by atoms with van der Waals surface area (Å²) >= 11 is 0. The Kier molecular flexibility index (Phi) is 3.76. The Morgan fingerprint density at radius 1 is 1.40 bits per heavy atom. The fourth-order valence-electron chi connectivity index (χ4n) is 3.04. The monoisotopic (exact) mass is 274 g/mol. The van der Waals surface area contributed by atoms with Gasteiger partial charge in [0, 0.05) is 20.2 Å². The molecule has 1 heterocycles. The largest absolute Gasteiger partial charge is 0.376 e. The van der Waals surface area contributed by atoms with Crippen LogP contribution in [0.3, 0.4) is 0 Å². The predicted molar refractivity (Wildman–Crippen MR) is 77.4 cm³/mol. The second kappa shape index (κ2) is 5.54. The lowest BCUT2D eigenvalue weighted by Gasteiger charge is -2.40. The van der Waals surface area contributed by atoms with Gasteiger partial charge in [-0.25, -0.2) is 0 Å². The van der Waals surface area contributed by atoms with Crippen molar-refractivity contribution in [3.05, 3.63) is 35.4 Å². The number of ether oxygens (including phenoxy) is 1. The van der Waals surface area contributed by atoms with E-state index in [1.54, 1.807) is 7.11 Å². The number of amides is 1. The molecule has 1 aromatic rings. The zero-order valence-corrected chi connectivity index (χ0v) is 11.9. The number of methoxy groups -OCH3 is 1. The predicted octanol–water partition coefficient (Wildman–Crippen LogP) is 1.39. The standard InChI is InChI=1S/C16H22N2O2/c1-20-16(7-4-8-16)11-18-15(19)14-9-12-5-2-3-6-13(12)10-17-14/h2-3,5-6,14,17H,4,7-11H2,1H3,(H,18,19)/t14-/m0/s1. The van der Waals surface area contributed by atoms with Gasteiger partial charge in [0.1, 0.15) is 0 Å². The molecule has 4 nitrogen and oxygen atoms in total. The zero-order valence-electron chi connectivity index (χ0n) is 11.9. The number of hydrogen-bond donors (Lipinski definition) is 2. The first-order valence-corrected chi connectivity index (χ1v) is 7.35. The summed E-state index contributed by atoms with van der Waals surface area (Å²) < 4.78 is 5.53. The van der Waals surface area contributed by atoms with Crippen LogP contribution in [0.25, 0.3) is 0 Å². The van der Waals surface area contributed by atoms with Crippen LogP contribution in [-0.4, -0.2) is 31.2 Å². The van der Waals surface area contributed by atoms with Crippen molar-refractivity contribution in [1.29, 1.82) is 0 Å². The van der Waals surface area contributed by atoms with Crippen molar-refractivity contribution >= 4 is 5.91 Å².